The molecule has 0 radical (unpaired) electrons. The number of H-pyrrole nitrogens is 1. The average Bonchev–Trinajstić information content (AvgIpc) is 3.12. The van der Waals surface area contributed by atoms with E-state index in [-0.39, 0.29) is 17.9 Å². The summed E-state index contributed by atoms with van der Waals surface area (Å²) in [4.78, 5) is 38.9. The maximum atomic E-state index is 12.8. The summed E-state index contributed by atoms with van der Waals surface area (Å²) in [6, 6.07) is 10.8. The first-order chi connectivity index (χ1) is 15.9. The Balaban J connectivity index is 1.29. The minimum atomic E-state index is -0.686. The third-order valence-electron chi connectivity index (χ3n) is 6.72. The van der Waals surface area contributed by atoms with Gasteiger partial charge in [0.25, 0.3) is 11.5 Å². The summed E-state index contributed by atoms with van der Waals surface area (Å²) in [6.07, 6.45) is 2.56. The van der Waals surface area contributed by atoms with Crippen LogP contribution in [0.3, 0.4) is 0 Å². The Morgan fingerprint density at radius 3 is 2.48 bits per heavy atom. The molecule has 2 N–H and O–H groups in total. The van der Waals surface area contributed by atoms with Crippen LogP contribution < -0.4 is 10.9 Å². The van der Waals surface area contributed by atoms with Gasteiger partial charge in [-0.25, -0.2) is 4.68 Å². The highest BCUT2D eigenvalue weighted by molar-refractivity contribution is 6.35. The predicted molar refractivity (Wildman–Crippen MR) is 128 cm³/mol. The van der Waals surface area contributed by atoms with Crippen LogP contribution in [0.2, 0.25) is 10.0 Å². The number of nitrogens with zero attached hydrogens (tertiary/aromatic N) is 2. The normalized spacial score (nSPS) is 20.4. The number of hydrogen-bond donors (Lipinski definition) is 2. The van der Waals surface area contributed by atoms with E-state index < -0.39 is 11.9 Å². The fourth-order valence-corrected chi connectivity index (χ4v) is 5.34. The first kappa shape index (κ1) is 22.2. The molecule has 9 heteroatoms. The fourth-order valence-electron chi connectivity index (χ4n) is 4.87. The molecular weight excluding hydrogens is 463 g/mol. The van der Waals surface area contributed by atoms with Crippen molar-refractivity contribution in [3.63, 3.8) is 0 Å². The van der Waals surface area contributed by atoms with E-state index in [2.05, 4.69) is 15.3 Å². The first-order valence-electron chi connectivity index (χ1n) is 11.1. The molecule has 2 aliphatic heterocycles. The van der Waals surface area contributed by atoms with E-state index in [1.807, 2.05) is 30.3 Å². The lowest BCUT2D eigenvalue weighted by atomic mass is 9.89. The summed E-state index contributed by atoms with van der Waals surface area (Å²) < 4.78 is 1.36. The number of fused-ring (bicyclic) bond motifs is 1. The number of aromatic amines is 1. The molecule has 3 aromatic rings. The summed E-state index contributed by atoms with van der Waals surface area (Å²) in [5.74, 6) is -0.338. The van der Waals surface area contributed by atoms with Crippen molar-refractivity contribution in [2.24, 2.45) is 0 Å². The lowest BCUT2D eigenvalue weighted by Crippen LogP contribution is -2.44. The molecule has 2 saturated heterocycles. The molecule has 0 saturated carbocycles. The molecule has 2 aromatic carbocycles. The standard InChI is InChI=1S/C24H24Cl2N4O3/c25-17-3-1-16(19(26)12-17)13-29-9-7-14(8-10-29)15-2-4-18-20(11-15)28-30(24(18)33)21-5-6-22(31)27-23(21)32/h1-4,11-12,14,21,28H,5-10,13H2,(H,27,31,32). The monoisotopic (exact) mass is 486 g/mol. The van der Waals surface area contributed by atoms with Crippen molar-refractivity contribution in [1.29, 1.82) is 0 Å². The van der Waals surface area contributed by atoms with Gasteiger partial charge in [-0.1, -0.05) is 35.3 Å². The Kier molecular flexibility index (Phi) is 6.03. The number of aromatic nitrogens is 2. The Bertz CT molecular complexity index is 1290. The molecule has 0 aliphatic carbocycles. The number of nitrogens with one attached hydrogen (secondary N) is 2. The SMILES string of the molecule is O=C1CCC(n2[nH]c3cc(C4CCN(Cc5ccc(Cl)cc5Cl)CC4)ccc3c2=O)C(=O)N1. The van der Waals surface area contributed by atoms with E-state index in [0.29, 0.717) is 27.8 Å². The van der Waals surface area contributed by atoms with Crippen LogP contribution >= 0.6 is 23.2 Å². The van der Waals surface area contributed by atoms with Crippen molar-refractivity contribution in [2.45, 2.75) is 44.2 Å². The van der Waals surface area contributed by atoms with Gasteiger partial charge in [-0.2, -0.15) is 0 Å². The molecule has 2 fully saturated rings. The van der Waals surface area contributed by atoms with Crippen LogP contribution in [0.4, 0.5) is 0 Å². The number of piperidine rings is 2. The minimum Gasteiger partial charge on any atom is -0.299 e. The molecule has 1 unspecified atom stereocenters. The maximum Gasteiger partial charge on any atom is 0.275 e. The molecule has 7 nitrogen and oxygen atoms in total. The van der Waals surface area contributed by atoms with E-state index in [4.69, 9.17) is 23.2 Å². The second-order valence-corrected chi connectivity index (χ2v) is 9.69. The van der Waals surface area contributed by atoms with Crippen LogP contribution in [0.15, 0.2) is 41.2 Å². The molecule has 3 heterocycles. The molecule has 1 atom stereocenters. The number of benzene rings is 2. The van der Waals surface area contributed by atoms with Crippen molar-refractivity contribution in [1.82, 2.24) is 20.0 Å². The van der Waals surface area contributed by atoms with Crippen molar-refractivity contribution in [3.05, 3.63) is 67.9 Å². The van der Waals surface area contributed by atoms with E-state index in [9.17, 15) is 14.4 Å². The molecule has 33 heavy (non-hydrogen) atoms. The molecule has 172 valence electrons. The zero-order valence-electron chi connectivity index (χ0n) is 17.9. The summed E-state index contributed by atoms with van der Waals surface area (Å²) in [7, 11) is 0. The largest absolute Gasteiger partial charge is 0.299 e. The van der Waals surface area contributed by atoms with Gasteiger partial charge in [-0.05, 0) is 73.7 Å². The lowest BCUT2D eigenvalue weighted by Gasteiger charge is -2.32. The minimum absolute atomic E-state index is 0.225. The number of carbonyl (C=O) groups is 2. The highest BCUT2D eigenvalue weighted by Crippen LogP contribution is 2.31. The zero-order chi connectivity index (χ0) is 23.1. The third-order valence-corrected chi connectivity index (χ3v) is 7.31. The molecule has 0 bridgehead atoms. The summed E-state index contributed by atoms with van der Waals surface area (Å²) >= 11 is 12.3. The zero-order valence-corrected chi connectivity index (χ0v) is 19.5. The Hall–Kier alpha value is -2.61. The average molecular weight is 487 g/mol. The van der Waals surface area contributed by atoms with Crippen LogP contribution in [-0.4, -0.2) is 39.6 Å². The summed E-state index contributed by atoms with van der Waals surface area (Å²) in [6.45, 7) is 2.70. The molecule has 5 rings (SSSR count). The van der Waals surface area contributed by atoms with Gasteiger partial charge in [0, 0.05) is 23.0 Å². The van der Waals surface area contributed by atoms with Crippen molar-refractivity contribution >= 4 is 45.9 Å². The van der Waals surface area contributed by atoms with Crippen molar-refractivity contribution in [2.75, 3.05) is 13.1 Å². The highest BCUT2D eigenvalue weighted by atomic mass is 35.5. The smallest absolute Gasteiger partial charge is 0.275 e. The Morgan fingerprint density at radius 1 is 0.970 bits per heavy atom. The van der Waals surface area contributed by atoms with E-state index in [1.165, 1.54) is 10.2 Å². The Labute approximate surface area is 200 Å². The predicted octanol–water partition coefficient (Wildman–Crippen LogP) is 3.99. The van der Waals surface area contributed by atoms with Gasteiger partial charge in [0.05, 0.1) is 10.9 Å². The Morgan fingerprint density at radius 2 is 1.76 bits per heavy atom. The van der Waals surface area contributed by atoms with Crippen LogP contribution in [0.5, 0.6) is 0 Å². The van der Waals surface area contributed by atoms with Crippen LogP contribution in [0.1, 0.15) is 48.8 Å². The topological polar surface area (TPSA) is 87.2 Å². The maximum absolute atomic E-state index is 12.8. The van der Waals surface area contributed by atoms with Gasteiger partial charge < -0.3 is 0 Å². The number of amides is 2. The van der Waals surface area contributed by atoms with E-state index in [0.717, 1.165) is 43.6 Å². The fraction of sp³-hybridized carbons (Fsp3) is 0.375. The highest BCUT2D eigenvalue weighted by Gasteiger charge is 2.30. The van der Waals surface area contributed by atoms with Gasteiger partial charge >= 0.3 is 0 Å². The number of rotatable bonds is 4. The molecule has 2 amide bonds. The number of hydrogen-bond acceptors (Lipinski definition) is 4. The van der Waals surface area contributed by atoms with Crippen LogP contribution in [-0.2, 0) is 16.1 Å². The van der Waals surface area contributed by atoms with Crippen LogP contribution in [0.25, 0.3) is 10.9 Å². The van der Waals surface area contributed by atoms with Gasteiger partial charge in [0.2, 0.25) is 5.91 Å². The summed E-state index contributed by atoms with van der Waals surface area (Å²) in [5, 5.41) is 7.31. The summed E-state index contributed by atoms with van der Waals surface area (Å²) in [5.41, 5.74) is 2.75. The molecule has 0 spiro atoms. The first-order valence-corrected chi connectivity index (χ1v) is 11.9. The van der Waals surface area contributed by atoms with Gasteiger partial charge in [0.15, 0.2) is 0 Å². The van der Waals surface area contributed by atoms with Gasteiger partial charge in [-0.15, -0.1) is 0 Å². The quantitative estimate of drug-likeness (QED) is 0.545. The van der Waals surface area contributed by atoms with Gasteiger partial charge in [-0.3, -0.25) is 29.7 Å². The second kappa shape index (κ2) is 8.97. The third kappa shape index (κ3) is 4.45. The van der Waals surface area contributed by atoms with E-state index >= 15 is 0 Å². The van der Waals surface area contributed by atoms with Crippen molar-refractivity contribution in [3.8, 4) is 0 Å². The number of likely N-dealkylation sites (tertiary alicyclic amines) is 1. The van der Waals surface area contributed by atoms with E-state index in [1.54, 1.807) is 6.07 Å². The van der Waals surface area contributed by atoms with Gasteiger partial charge in [0.1, 0.15) is 6.04 Å². The molecule has 2 aliphatic rings. The van der Waals surface area contributed by atoms with Crippen molar-refractivity contribution < 1.29 is 9.59 Å². The number of halogens is 2. The molecule has 1 aromatic heterocycles. The number of carbonyl (C=O) groups excluding carboxylic acids is 2. The van der Waals surface area contributed by atoms with Crippen LogP contribution in [0, 0.1) is 0 Å². The lowest BCUT2D eigenvalue weighted by molar-refractivity contribution is -0.136. The molecular formula is C24H24Cl2N4O3. The second-order valence-electron chi connectivity index (χ2n) is 8.85. The number of imide groups is 1.